The summed E-state index contributed by atoms with van der Waals surface area (Å²) in [5, 5.41) is 11.6. The highest BCUT2D eigenvalue weighted by atomic mass is 32.2. The van der Waals surface area contributed by atoms with E-state index in [0.29, 0.717) is 19.4 Å². The van der Waals surface area contributed by atoms with Gasteiger partial charge in [0.25, 0.3) is 0 Å². The van der Waals surface area contributed by atoms with Crippen LogP contribution in [0.15, 0.2) is 12.2 Å². The third kappa shape index (κ3) is 3.94. The van der Waals surface area contributed by atoms with Crippen LogP contribution >= 0.6 is 0 Å². The minimum Gasteiger partial charge on any atom is -0.481 e. The highest BCUT2D eigenvalue weighted by molar-refractivity contribution is 7.84. The minimum atomic E-state index is -0.994. The summed E-state index contributed by atoms with van der Waals surface area (Å²) in [5.41, 5.74) is 0. The van der Waals surface area contributed by atoms with E-state index in [1.807, 2.05) is 6.08 Å². The van der Waals surface area contributed by atoms with Crippen LogP contribution in [0.5, 0.6) is 0 Å². The molecule has 0 saturated carbocycles. The lowest BCUT2D eigenvalue weighted by Gasteiger charge is -2.24. The first-order valence-corrected chi connectivity index (χ1v) is 7.53. The van der Waals surface area contributed by atoms with E-state index in [2.05, 4.69) is 5.32 Å². The van der Waals surface area contributed by atoms with Crippen molar-refractivity contribution in [2.45, 2.75) is 25.0 Å². The second-order valence-corrected chi connectivity index (χ2v) is 6.35. The molecule has 0 radical (unpaired) electrons. The highest BCUT2D eigenvalue weighted by Crippen LogP contribution is 2.25. The number of hydrogen-bond donors (Lipinski definition) is 2. The van der Waals surface area contributed by atoms with Crippen LogP contribution in [0.25, 0.3) is 0 Å². The van der Waals surface area contributed by atoms with Crippen LogP contribution in [0.3, 0.4) is 0 Å². The van der Waals surface area contributed by atoms with Gasteiger partial charge in [0, 0.05) is 28.9 Å². The molecule has 2 N–H and O–H groups in total. The number of nitrogens with one attached hydrogen (secondary N) is 1. The smallest absolute Gasteiger partial charge is 0.307 e. The predicted molar refractivity (Wildman–Crippen MR) is 69.5 cm³/mol. The van der Waals surface area contributed by atoms with E-state index in [1.54, 1.807) is 19.3 Å². The summed E-state index contributed by atoms with van der Waals surface area (Å²) in [6.07, 6.45) is 6.06. The van der Waals surface area contributed by atoms with Crippen LogP contribution in [0.1, 0.15) is 19.8 Å². The van der Waals surface area contributed by atoms with Gasteiger partial charge in [0.2, 0.25) is 5.91 Å². The van der Waals surface area contributed by atoms with Crippen molar-refractivity contribution in [3.63, 3.8) is 0 Å². The Labute approximate surface area is 109 Å². The van der Waals surface area contributed by atoms with Crippen molar-refractivity contribution < 1.29 is 18.9 Å². The average molecular weight is 273 g/mol. The average Bonchev–Trinajstić information content (AvgIpc) is 2.35. The molecule has 0 spiro atoms. The van der Waals surface area contributed by atoms with Crippen molar-refractivity contribution in [3.8, 4) is 0 Å². The van der Waals surface area contributed by atoms with E-state index < -0.39 is 28.6 Å². The van der Waals surface area contributed by atoms with Crippen molar-refractivity contribution in [2.75, 3.05) is 12.8 Å². The molecule has 0 fully saturated rings. The molecule has 1 aliphatic rings. The molecule has 1 amide bonds. The number of carboxylic acid groups (broad SMARTS) is 1. The summed E-state index contributed by atoms with van der Waals surface area (Å²) in [6.45, 7) is 2.10. The predicted octanol–water partition coefficient (Wildman–Crippen LogP) is 0.537. The van der Waals surface area contributed by atoms with Gasteiger partial charge in [-0.25, -0.2) is 0 Å². The van der Waals surface area contributed by atoms with Crippen molar-refractivity contribution >= 4 is 22.7 Å². The van der Waals surface area contributed by atoms with E-state index in [4.69, 9.17) is 5.11 Å². The Hall–Kier alpha value is -1.17. The molecule has 0 saturated heterocycles. The zero-order valence-corrected chi connectivity index (χ0v) is 11.4. The van der Waals surface area contributed by atoms with Crippen molar-refractivity contribution in [1.29, 1.82) is 0 Å². The molecular formula is C12H19NO4S. The number of aliphatic carboxylic acids is 1. The topological polar surface area (TPSA) is 83.5 Å². The van der Waals surface area contributed by atoms with E-state index in [9.17, 15) is 13.8 Å². The summed E-state index contributed by atoms with van der Waals surface area (Å²) in [6, 6.07) is 0. The second kappa shape index (κ2) is 6.68. The first kappa shape index (κ1) is 14.9. The Balaban J connectivity index is 2.57. The molecule has 5 nitrogen and oxygen atoms in total. The third-order valence-corrected chi connectivity index (χ3v) is 4.52. The maximum atomic E-state index is 11.9. The number of allylic oxidation sites excluding steroid dienone is 2. The molecular weight excluding hydrogens is 254 g/mol. The monoisotopic (exact) mass is 273 g/mol. The van der Waals surface area contributed by atoms with E-state index >= 15 is 0 Å². The summed E-state index contributed by atoms with van der Waals surface area (Å²) < 4.78 is 11.2. The largest absolute Gasteiger partial charge is 0.481 e. The first-order valence-electron chi connectivity index (χ1n) is 5.91. The fourth-order valence-electron chi connectivity index (χ4n) is 1.87. The van der Waals surface area contributed by atoms with Crippen LogP contribution in [0.4, 0.5) is 0 Å². The van der Waals surface area contributed by atoms with E-state index in [1.165, 1.54) is 0 Å². The van der Waals surface area contributed by atoms with Crippen molar-refractivity contribution in [1.82, 2.24) is 5.32 Å². The number of amides is 1. The molecule has 0 bridgehead atoms. The standard InChI is InChI=1S/C12H19NO4S/c1-8(18(2)17)7-13-11(14)9-5-3-4-6-10(9)12(15)16/h3-4,8-10H,5-7H2,1-2H3,(H,13,14)(H,15,16). The Bertz CT molecular complexity index is 380. The van der Waals surface area contributed by atoms with Crippen molar-refractivity contribution in [3.05, 3.63) is 12.2 Å². The number of carbonyl (C=O) groups excluding carboxylic acids is 1. The van der Waals surface area contributed by atoms with Gasteiger partial charge >= 0.3 is 5.97 Å². The van der Waals surface area contributed by atoms with Crippen LogP contribution < -0.4 is 5.32 Å². The Kier molecular flexibility index (Phi) is 5.53. The van der Waals surface area contributed by atoms with Gasteiger partial charge < -0.3 is 10.4 Å². The maximum absolute atomic E-state index is 11.9. The second-order valence-electron chi connectivity index (χ2n) is 4.55. The molecule has 1 rings (SSSR count). The lowest BCUT2D eigenvalue weighted by Crippen LogP contribution is -2.41. The zero-order valence-electron chi connectivity index (χ0n) is 10.6. The van der Waals surface area contributed by atoms with Crippen LogP contribution in [0, 0.1) is 11.8 Å². The Morgan fingerprint density at radius 1 is 1.39 bits per heavy atom. The fourth-order valence-corrected chi connectivity index (χ4v) is 2.19. The summed E-state index contributed by atoms with van der Waals surface area (Å²) in [7, 11) is -0.994. The molecule has 18 heavy (non-hydrogen) atoms. The van der Waals surface area contributed by atoms with E-state index in [-0.39, 0.29) is 11.2 Å². The first-order chi connectivity index (χ1) is 8.43. The summed E-state index contributed by atoms with van der Waals surface area (Å²) in [4.78, 5) is 23.0. The number of carbonyl (C=O) groups is 2. The van der Waals surface area contributed by atoms with Crippen LogP contribution in [-0.2, 0) is 20.4 Å². The van der Waals surface area contributed by atoms with E-state index in [0.717, 1.165) is 0 Å². The number of hydrogen-bond acceptors (Lipinski definition) is 3. The van der Waals surface area contributed by atoms with Gasteiger partial charge in [0.1, 0.15) is 0 Å². The number of rotatable bonds is 5. The molecule has 0 aromatic heterocycles. The maximum Gasteiger partial charge on any atom is 0.307 e. The summed E-state index contributed by atoms with van der Waals surface area (Å²) >= 11 is 0. The van der Waals surface area contributed by atoms with Gasteiger partial charge in [-0.1, -0.05) is 12.2 Å². The molecule has 0 heterocycles. The van der Waals surface area contributed by atoms with Crippen molar-refractivity contribution in [2.24, 2.45) is 11.8 Å². The van der Waals surface area contributed by atoms with Gasteiger partial charge in [-0.3, -0.25) is 13.8 Å². The van der Waals surface area contributed by atoms with Gasteiger partial charge in [-0.15, -0.1) is 0 Å². The lowest BCUT2D eigenvalue weighted by atomic mass is 9.82. The van der Waals surface area contributed by atoms with Gasteiger partial charge in [-0.05, 0) is 19.8 Å². The highest BCUT2D eigenvalue weighted by Gasteiger charge is 2.33. The minimum absolute atomic E-state index is 0.128. The number of carboxylic acids is 1. The molecule has 1 aliphatic carbocycles. The SMILES string of the molecule is CC(CNC(=O)C1CC=CCC1C(=O)O)S(C)=O. The van der Waals surface area contributed by atoms with Gasteiger partial charge in [0.05, 0.1) is 11.8 Å². The molecule has 102 valence electrons. The Morgan fingerprint density at radius 3 is 2.44 bits per heavy atom. The third-order valence-electron chi connectivity index (χ3n) is 3.22. The van der Waals surface area contributed by atoms with Gasteiger partial charge in [0.15, 0.2) is 0 Å². The molecule has 4 unspecified atom stereocenters. The molecule has 4 atom stereocenters. The fraction of sp³-hybridized carbons (Fsp3) is 0.667. The van der Waals surface area contributed by atoms with Crippen LogP contribution in [0.2, 0.25) is 0 Å². The Morgan fingerprint density at radius 2 is 1.94 bits per heavy atom. The zero-order chi connectivity index (χ0) is 13.7. The normalized spacial score (nSPS) is 26.3. The summed E-state index contributed by atoms with van der Waals surface area (Å²) in [5.74, 6) is -2.38. The van der Waals surface area contributed by atoms with Gasteiger partial charge in [-0.2, -0.15) is 0 Å². The molecule has 0 aliphatic heterocycles. The molecule has 0 aromatic carbocycles. The quantitative estimate of drug-likeness (QED) is 0.716. The molecule has 0 aromatic rings. The lowest BCUT2D eigenvalue weighted by molar-refractivity contribution is -0.147. The molecule has 6 heteroatoms. The van der Waals surface area contributed by atoms with Crippen LogP contribution in [-0.4, -0.2) is 39.2 Å².